The van der Waals surface area contributed by atoms with Gasteiger partial charge in [-0.05, 0) is 25.1 Å². The van der Waals surface area contributed by atoms with Gasteiger partial charge in [-0.2, -0.15) is 0 Å². The van der Waals surface area contributed by atoms with Crippen LogP contribution in [-0.2, 0) is 14.3 Å². The number of amides is 1. The zero-order chi connectivity index (χ0) is 13.7. The number of hydrogen-bond acceptors (Lipinski definition) is 3. The molecule has 6 heteroatoms. The third-order valence-corrected chi connectivity index (χ3v) is 2.93. The molecule has 1 aromatic carbocycles. The van der Waals surface area contributed by atoms with Crippen molar-refractivity contribution in [3.8, 4) is 0 Å². The van der Waals surface area contributed by atoms with Crippen molar-refractivity contribution in [3.05, 3.63) is 28.2 Å². The van der Waals surface area contributed by atoms with Crippen molar-refractivity contribution in [1.29, 1.82) is 0 Å². The number of hydrogen-bond donors (Lipinski definition) is 0. The molecule has 0 aliphatic carbocycles. The first-order valence-electron chi connectivity index (χ1n) is 5.34. The molecule has 1 rings (SSSR count). The first-order valence-corrected chi connectivity index (χ1v) is 6.10. The standard InChI is InChI=1S/C12H13Cl2NO3/c1-3-18-12(17)7-15(8(2)16)9-4-5-10(13)11(14)6-9/h4-6H,3,7H2,1-2H3. The maximum atomic E-state index is 11.5. The Balaban J connectivity index is 2.94. The fourth-order valence-electron chi connectivity index (χ4n) is 1.37. The normalized spacial score (nSPS) is 10.0. The van der Waals surface area contributed by atoms with E-state index >= 15 is 0 Å². The average molecular weight is 290 g/mol. The molecule has 4 nitrogen and oxygen atoms in total. The zero-order valence-electron chi connectivity index (χ0n) is 10.1. The highest BCUT2D eigenvalue weighted by atomic mass is 35.5. The molecule has 0 saturated heterocycles. The van der Waals surface area contributed by atoms with Crippen LogP contribution in [-0.4, -0.2) is 25.0 Å². The Kier molecular flexibility index (Phi) is 5.44. The van der Waals surface area contributed by atoms with Crippen LogP contribution in [0.5, 0.6) is 0 Å². The molecule has 0 spiro atoms. The summed E-state index contributed by atoms with van der Waals surface area (Å²) in [5, 5.41) is 0.712. The van der Waals surface area contributed by atoms with Crippen molar-refractivity contribution in [2.45, 2.75) is 13.8 Å². The van der Waals surface area contributed by atoms with Crippen LogP contribution in [0.2, 0.25) is 10.0 Å². The highest BCUT2D eigenvalue weighted by molar-refractivity contribution is 6.42. The SMILES string of the molecule is CCOC(=O)CN(C(C)=O)c1ccc(Cl)c(Cl)c1. The van der Waals surface area contributed by atoms with Crippen LogP contribution in [0.3, 0.4) is 0 Å². The van der Waals surface area contributed by atoms with Crippen LogP contribution in [0.25, 0.3) is 0 Å². The van der Waals surface area contributed by atoms with E-state index in [0.717, 1.165) is 0 Å². The summed E-state index contributed by atoms with van der Waals surface area (Å²) >= 11 is 11.7. The van der Waals surface area contributed by atoms with Crippen molar-refractivity contribution in [1.82, 2.24) is 0 Å². The number of carbonyl (C=O) groups excluding carboxylic acids is 2. The summed E-state index contributed by atoms with van der Waals surface area (Å²) in [6, 6.07) is 4.72. The molecule has 1 aromatic rings. The number of anilines is 1. The minimum absolute atomic E-state index is 0.152. The summed E-state index contributed by atoms with van der Waals surface area (Å²) in [5.41, 5.74) is 0.505. The second-order valence-corrected chi connectivity index (χ2v) is 4.32. The van der Waals surface area contributed by atoms with E-state index in [4.69, 9.17) is 27.9 Å². The summed E-state index contributed by atoms with van der Waals surface area (Å²) in [5.74, 6) is -0.750. The molecule has 0 fully saturated rings. The fraction of sp³-hybridized carbons (Fsp3) is 0.333. The lowest BCUT2D eigenvalue weighted by Gasteiger charge is -2.20. The van der Waals surface area contributed by atoms with Crippen LogP contribution in [0.4, 0.5) is 5.69 Å². The predicted molar refractivity (Wildman–Crippen MR) is 71.1 cm³/mol. The van der Waals surface area contributed by atoms with E-state index in [0.29, 0.717) is 15.7 Å². The number of rotatable bonds is 4. The zero-order valence-corrected chi connectivity index (χ0v) is 11.6. The number of nitrogens with zero attached hydrogens (tertiary/aromatic N) is 1. The van der Waals surface area contributed by atoms with Crippen molar-refractivity contribution in [2.24, 2.45) is 0 Å². The minimum atomic E-state index is -0.473. The molecule has 0 unspecified atom stereocenters. The predicted octanol–water partition coefficient (Wildman–Crippen LogP) is 2.91. The Hall–Kier alpha value is -1.26. The van der Waals surface area contributed by atoms with E-state index in [1.165, 1.54) is 17.9 Å². The highest BCUT2D eigenvalue weighted by Crippen LogP contribution is 2.27. The summed E-state index contributed by atoms with van der Waals surface area (Å²) in [6.45, 7) is 3.18. The second kappa shape index (κ2) is 6.61. The lowest BCUT2D eigenvalue weighted by molar-refractivity contribution is -0.142. The maximum absolute atomic E-state index is 11.5. The lowest BCUT2D eigenvalue weighted by atomic mass is 10.3. The van der Waals surface area contributed by atoms with E-state index in [1.54, 1.807) is 19.1 Å². The average Bonchev–Trinajstić information content (AvgIpc) is 2.30. The van der Waals surface area contributed by atoms with Crippen LogP contribution in [0, 0.1) is 0 Å². The van der Waals surface area contributed by atoms with Crippen molar-refractivity contribution >= 4 is 40.8 Å². The lowest BCUT2D eigenvalue weighted by Crippen LogP contribution is -2.34. The molecule has 0 aliphatic rings. The molecule has 0 saturated carbocycles. The highest BCUT2D eigenvalue weighted by Gasteiger charge is 2.17. The van der Waals surface area contributed by atoms with Gasteiger partial charge in [-0.25, -0.2) is 0 Å². The van der Waals surface area contributed by atoms with Gasteiger partial charge in [0.15, 0.2) is 0 Å². The Morgan fingerprint density at radius 2 is 1.94 bits per heavy atom. The number of halogens is 2. The van der Waals surface area contributed by atoms with E-state index < -0.39 is 5.97 Å². The minimum Gasteiger partial charge on any atom is -0.465 e. The van der Waals surface area contributed by atoms with Gasteiger partial charge in [0.25, 0.3) is 0 Å². The third-order valence-electron chi connectivity index (χ3n) is 2.19. The molecule has 0 aliphatic heterocycles. The van der Waals surface area contributed by atoms with Crippen LogP contribution >= 0.6 is 23.2 Å². The molecule has 0 radical (unpaired) electrons. The molecule has 98 valence electrons. The molecule has 0 bridgehead atoms. The van der Waals surface area contributed by atoms with Crippen LogP contribution in [0.15, 0.2) is 18.2 Å². The van der Waals surface area contributed by atoms with Gasteiger partial charge in [-0.1, -0.05) is 23.2 Å². The monoisotopic (exact) mass is 289 g/mol. The van der Waals surface area contributed by atoms with Gasteiger partial charge in [-0.3, -0.25) is 9.59 Å². The molecule has 18 heavy (non-hydrogen) atoms. The maximum Gasteiger partial charge on any atom is 0.326 e. The molecule has 0 aromatic heterocycles. The first kappa shape index (κ1) is 14.8. The number of carbonyl (C=O) groups is 2. The quantitative estimate of drug-likeness (QED) is 0.801. The summed E-state index contributed by atoms with van der Waals surface area (Å²) in [4.78, 5) is 24.2. The van der Waals surface area contributed by atoms with Crippen LogP contribution < -0.4 is 4.90 Å². The molecular formula is C12H13Cl2NO3. The third kappa shape index (κ3) is 3.89. The Bertz CT molecular complexity index is 463. The van der Waals surface area contributed by atoms with Gasteiger partial charge in [0, 0.05) is 12.6 Å². The molecular weight excluding hydrogens is 277 g/mol. The van der Waals surface area contributed by atoms with Gasteiger partial charge in [-0.15, -0.1) is 0 Å². The van der Waals surface area contributed by atoms with Crippen molar-refractivity contribution in [2.75, 3.05) is 18.1 Å². The fourth-order valence-corrected chi connectivity index (χ4v) is 1.67. The molecule has 1 amide bonds. The Morgan fingerprint density at radius 3 is 2.44 bits per heavy atom. The van der Waals surface area contributed by atoms with Gasteiger partial charge < -0.3 is 9.64 Å². The first-order chi connectivity index (χ1) is 8.45. The summed E-state index contributed by atoms with van der Waals surface area (Å²) in [6.07, 6.45) is 0. The Labute approximate surface area is 115 Å². The van der Waals surface area contributed by atoms with Gasteiger partial charge in [0.1, 0.15) is 6.54 Å². The van der Waals surface area contributed by atoms with Gasteiger partial charge in [0.2, 0.25) is 5.91 Å². The number of ether oxygens (including phenoxy) is 1. The topological polar surface area (TPSA) is 46.6 Å². The van der Waals surface area contributed by atoms with E-state index in [2.05, 4.69) is 0 Å². The summed E-state index contributed by atoms with van der Waals surface area (Å²) < 4.78 is 4.81. The Morgan fingerprint density at radius 1 is 1.28 bits per heavy atom. The molecule has 0 N–H and O–H groups in total. The smallest absolute Gasteiger partial charge is 0.326 e. The van der Waals surface area contributed by atoms with Gasteiger partial charge >= 0.3 is 5.97 Å². The largest absolute Gasteiger partial charge is 0.465 e. The van der Waals surface area contributed by atoms with E-state index in [9.17, 15) is 9.59 Å². The second-order valence-electron chi connectivity index (χ2n) is 3.51. The van der Waals surface area contributed by atoms with E-state index in [-0.39, 0.29) is 19.1 Å². The van der Waals surface area contributed by atoms with Crippen molar-refractivity contribution in [3.63, 3.8) is 0 Å². The number of benzene rings is 1. The van der Waals surface area contributed by atoms with E-state index in [1.807, 2.05) is 0 Å². The van der Waals surface area contributed by atoms with Crippen molar-refractivity contribution < 1.29 is 14.3 Å². The van der Waals surface area contributed by atoms with Crippen LogP contribution in [0.1, 0.15) is 13.8 Å². The summed E-state index contributed by atoms with van der Waals surface area (Å²) in [7, 11) is 0. The molecule has 0 heterocycles. The number of esters is 1. The molecule has 0 atom stereocenters. The van der Waals surface area contributed by atoms with Gasteiger partial charge in [0.05, 0.1) is 16.7 Å².